The molecule has 5 aromatic rings. The minimum atomic E-state index is -4.69. The molecular formula is C24H23F3N8O2. The van der Waals surface area contributed by atoms with Crippen LogP contribution in [-0.4, -0.2) is 68.1 Å². The van der Waals surface area contributed by atoms with Crippen molar-refractivity contribution in [3.8, 4) is 17.3 Å². The van der Waals surface area contributed by atoms with Gasteiger partial charge in [0.1, 0.15) is 11.4 Å². The number of ether oxygens (including phenoxy) is 1. The maximum atomic E-state index is 12.4. The van der Waals surface area contributed by atoms with Crippen LogP contribution in [0.5, 0.6) is 5.75 Å². The third kappa shape index (κ3) is 4.65. The number of hydrogen-bond donors (Lipinski definition) is 1. The van der Waals surface area contributed by atoms with Gasteiger partial charge in [0.2, 0.25) is 11.8 Å². The maximum Gasteiger partial charge on any atom is 0.573 e. The Hall–Kier alpha value is -4.26. The van der Waals surface area contributed by atoms with Crippen LogP contribution < -0.4 is 15.4 Å². The number of aromatic nitrogens is 5. The highest BCUT2D eigenvalue weighted by Crippen LogP contribution is 2.27. The number of rotatable bonds is 6. The first-order chi connectivity index (χ1) is 17.8. The van der Waals surface area contributed by atoms with E-state index in [0.717, 1.165) is 56.0 Å². The molecule has 1 fully saturated rings. The molecule has 1 aromatic carbocycles. The van der Waals surface area contributed by atoms with Crippen molar-refractivity contribution in [1.29, 1.82) is 0 Å². The van der Waals surface area contributed by atoms with Crippen molar-refractivity contribution in [2.45, 2.75) is 12.9 Å². The first-order valence-corrected chi connectivity index (χ1v) is 11.7. The Labute approximate surface area is 208 Å². The number of fused-ring (bicyclic) bond motifs is 3. The van der Waals surface area contributed by atoms with Crippen LogP contribution in [0.2, 0.25) is 0 Å². The second kappa shape index (κ2) is 9.00. The molecule has 1 aliphatic rings. The Kier molecular flexibility index (Phi) is 5.63. The van der Waals surface area contributed by atoms with Gasteiger partial charge in [-0.2, -0.15) is 9.50 Å². The van der Waals surface area contributed by atoms with E-state index in [1.165, 1.54) is 16.6 Å². The third-order valence-electron chi connectivity index (χ3n) is 6.43. The van der Waals surface area contributed by atoms with Crippen LogP contribution in [0.15, 0.2) is 59.3 Å². The molecule has 10 nitrogen and oxygen atoms in total. The molecule has 5 heterocycles. The molecule has 0 aliphatic carbocycles. The van der Waals surface area contributed by atoms with E-state index in [1.807, 2.05) is 12.3 Å². The standard InChI is InChI=1S/C24H23F3N8O2/c25-24(26,27)37-17-5-3-16(4-6-17)33-12-9-32(10-13-33)11-14-34-8-7-18-21(34)30-23(28)35-22(18)29-20(31-35)19-2-1-15-36-19/h1-8,15H,9-14H2,(H2,28,30). The lowest BCUT2D eigenvalue weighted by atomic mass is 10.2. The van der Waals surface area contributed by atoms with Crippen molar-refractivity contribution >= 4 is 28.3 Å². The van der Waals surface area contributed by atoms with Crippen molar-refractivity contribution in [3.63, 3.8) is 0 Å². The van der Waals surface area contributed by atoms with Crippen molar-refractivity contribution in [3.05, 3.63) is 54.9 Å². The number of nitrogen functional groups attached to an aromatic ring is 1. The number of benzene rings is 1. The highest BCUT2D eigenvalue weighted by Gasteiger charge is 2.31. The lowest BCUT2D eigenvalue weighted by Crippen LogP contribution is -2.47. The van der Waals surface area contributed by atoms with Crippen LogP contribution in [-0.2, 0) is 6.54 Å². The van der Waals surface area contributed by atoms with Crippen LogP contribution in [0, 0.1) is 0 Å². The maximum absolute atomic E-state index is 12.4. The minimum Gasteiger partial charge on any atom is -0.461 e. The van der Waals surface area contributed by atoms with Gasteiger partial charge >= 0.3 is 6.36 Å². The fourth-order valence-electron chi connectivity index (χ4n) is 4.59. The van der Waals surface area contributed by atoms with Gasteiger partial charge in [-0.3, -0.25) is 4.90 Å². The highest BCUT2D eigenvalue weighted by atomic mass is 19.4. The first kappa shape index (κ1) is 23.2. The number of piperazine rings is 1. The molecule has 2 N–H and O–H groups in total. The zero-order chi connectivity index (χ0) is 25.6. The molecule has 0 amide bonds. The average Bonchev–Trinajstić information content (AvgIpc) is 3.62. The Morgan fingerprint density at radius 2 is 1.73 bits per heavy atom. The van der Waals surface area contributed by atoms with Gasteiger partial charge in [-0.05, 0) is 42.5 Å². The van der Waals surface area contributed by atoms with Gasteiger partial charge in [-0.15, -0.1) is 18.3 Å². The van der Waals surface area contributed by atoms with E-state index in [-0.39, 0.29) is 11.7 Å². The second-order valence-electron chi connectivity index (χ2n) is 8.73. The smallest absolute Gasteiger partial charge is 0.461 e. The molecule has 0 atom stereocenters. The van der Waals surface area contributed by atoms with E-state index >= 15 is 0 Å². The third-order valence-corrected chi connectivity index (χ3v) is 6.43. The molecular weight excluding hydrogens is 489 g/mol. The fourth-order valence-corrected chi connectivity index (χ4v) is 4.59. The number of nitrogens with two attached hydrogens (primary N) is 1. The Morgan fingerprint density at radius 3 is 2.43 bits per heavy atom. The predicted molar refractivity (Wildman–Crippen MR) is 130 cm³/mol. The number of nitrogens with zero attached hydrogens (tertiary/aromatic N) is 7. The predicted octanol–water partition coefficient (Wildman–Crippen LogP) is 3.64. The highest BCUT2D eigenvalue weighted by molar-refractivity contribution is 5.91. The second-order valence-corrected chi connectivity index (χ2v) is 8.73. The first-order valence-electron chi connectivity index (χ1n) is 11.7. The molecule has 0 saturated carbocycles. The van der Waals surface area contributed by atoms with E-state index in [1.54, 1.807) is 30.5 Å². The van der Waals surface area contributed by atoms with Crippen molar-refractivity contribution in [2.24, 2.45) is 0 Å². The van der Waals surface area contributed by atoms with E-state index < -0.39 is 6.36 Å². The Morgan fingerprint density at radius 1 is 0.946 bits per heavy atom. The Bertz CT molecular complexity index is 1520. The van der Waals surface area contributed by atoms with E-state index in [4.69, 9.17) is 10.2 Å². The molecule has 13 heteroatoms. The summed E-state index contributed by atoms with van der Waals surface area (Å²) in [7, 11) is 0. The minimum absolute atomic E-state index is 0.219. The molecule has 0 bridgehead atoms. The summed E-state index contributed by atoms with van der Waals surface area (Å²) >= 11 is 0. The van der Waals surface area contributed by atoms with E-state index in [0.29, 0.717) is 17.2 Å². The molecule has 0 spiro atoms. The van der Waals surface area contributed by atoms with Gasteiger partial charge < -0.3 is 24.4 Å². The lowest BCUT2D eigenvalue weighted by Gasteiger charge is -2.36. The number of anilines is 2. The topological polar surface area (TPSA) is 103 Å². The number of alkyl halides is 3. The quantitative estimate of drug-likeness (QED) is 0.368. The van der Waals surface area contributed by atoms with Crippen molar-refractivity contribution < 1.29 is 22.3 Å². The summed E-state index contributed by atoms with van der Waals surface area (Å²) in [5, 5.41) is 5.28. The van der Waals surface area contributed by atoms with Crippen LogP contribution in [0.3, 0.4) is 0 Å². The summed E-state index contributed by atoms with van der Waals surface area (Å²) in [6, 6.07) is 11.5. The zero-order valence-electron chi connectivity index (χ0n) is 19.6. The van der Waals surface area contributed by atoms with Crippen LogP contribution in [0.4, 0.5) is 24.8 Å². The lowest BCUT2D eigenvalue weighted by molar-refractivity contribution is -0.274. The summed E-state index contributed by atoms with van der Waals surface area (Å²) in [4.78, 5) is 13.7. The molecule has 6 rings (SSSR count). The average molecular weight is 512 g/mol. The van der Waals surface area contributed by atoms with Crippen molar-refractivity contribution in [2.75, 3.05) is 43.4 Å². The number of halogens is 3. The van der Waals surface area contributed by atoms with Crippen LogP contribution in [0.1, 0.15) is 0 Å². The Balaban J connectivity index is 1.10. The van der Waals surface area contributed by atoms with Gasteiger partial charge in [0.15, 0.2) is 11.4 Å². The zero-order valence-corrected chi connectivity index (χ0v) is 19.6. The summed E-state index contributed by atoms with van der Waals surface area (Å²) in [6.45, 7) is 4.73. The largest absolute Gasteiger partial charge is 0.573 e. The molecule has 192 valence electrons. The normalized spacial score (nSPS) is 15.2. The van der Waals surface area contributed by atoms with Gasteiger partial charge in [0.05, 0.1) is 11.6 Å². The molecule has 1 saturated heterocycles. The van der Waals surface area contributed by atoms with Gasteiger partial charge in [-0.25, -0.2) is 4.98 Å². The van der Waals surface area contributed by atoms with E-state index in [9.17, 15) is 13.2 Å². The summed E-state index contributed by atoms with van der Waals surface area (Å²) < 4.78 is 50.1. The summed E-state index contributed by atoms with van der Waals surface area (Å²) in [6.07, 6.45) is -1.15. The number of furan rings is 1. The molecule has 0 radical (unpaired) electrons. The van der Waals surface area contributed by atoms with Crippen LogP contribution >= 0.6 is 0 Å². The molecule has 1 aliphatic heterocycles. The monoisotopic (exact) mass is 512 g/mol. The summed E-state index contributed by atoms with van der Waals surface area (Å²) in [5.41, 5.74) is 8.42. The van der Waals surface area contributed by atoms with E-state index in [2.05, 4.69) is 34.2 Å². The van der Waals surface area contributed by atoms with Gasteiger partial charge in [-0.1, -0.05) is 0 Å². The van der Waals surface area contributed by atoms with Gasteiger partial charge in [0, 0.05) is 51.2 Å². The molecule has 4 aromatic heterocycles. The SMILES string of the molecule is Nc1nc2c(ccn2CCN2CCN(c3ccc(OC(F)(F)F)cc3)CC2)c2nc(-c3ccco3)nn12. The van der Waals surface area contributed by atoms with Crippen molar-refractivity contribution in [1.82, 2.24) is 29.0 Å². The number of hydrogen-bond acceptors (Lipinski definition) is 8. The molecule has 0 unspecified atom stereocenters. The molecule has 37 heavy (non-hydrogen) atoms. The van der Waals surface area contributed by atoms with Crippen LogP contribution in [0.25, 0.3) is 28.3 Å². The fraction of sp³-hybridized carbons (Fsp3) is 0.292. The van der Waals surface area contributed by atoms with Gasteiger partial charge in [0.25, 0.3) is 0 Å². The summed E-state index contributed by atoms with van der Waals surface area (Å²) in [5.74, 6) is 1.02.